The molecule has 0 atom stereocenters. The summed E-state index contributed by atoms with van der Waals surface area (Å²) in [4.78, 5) is 0. The molecule has 2 aromatic rings. The summed E-state index contributed by atoms with van der Waals surface area (Å²) in [5, 5.41) is 3.34. The molecule has 0 unspecified atom stereocenters. The minimum atomic E-state index is -2.91. The number of benzene rings is 2. The third-order valence-corrected chi connectivity index (χ3v) is 3.79. The van der Waals surface area contributed by atoms with Crippen LogP contribution in [0.15, 0.2) is 55.1 Å². The van der Waals surface area contributed by atoms with Gasteiger partial charge in [0.25, 0.3) is 0 Å². The Morgan fingerprint density at radius 1 is 1.04 bits per heavy atom. The van der Waals surface area contributed by atoms with E-state index in [9.17, 15) is 8.78 Å². The Labute approximate surface area is 157 Å². The molecule has 7 heteroatoms. The smallest absolute Gasteiger partial charge is 0.387 e. The molecule has 0 spiro atoms. The lowest BCUT2D eigenvalue weighted by Gasteiger charge is -2.17. The highest BCUT2D eigenvalue weighted by molar-refractivity contribution is 7.80. The van der Waals surface area contributed by atoms with E-state index in [1.807, 2.05) is 24.3 Å². The Morgan fingerprint density at radius 3 is 2.31 bits per heavy atom. The van der Waals surface area contributed by atoms with E-state index in [4.69, 9.17) is 12.2 Å². The van der Waals surface area contributed by atoms with Gasteiger partial charge in [0.2, 0.25) is 0 Å². The molecule has 0 saturated heterocycles. The van der Waals surface area contributed by atoms with Gasteiger partial charge in [0, 0.05) is 11.3 Å². The zero-order valence-corrected chi connectivity index (χ0v) is 15.4. The van der Waals surface area contributed by atoms with Crippen molar-refractivity contribution in [1.29, 1.82) is 0 Å². The monoisotopic (exact) mass is 377 g/mol. The van der Waals surface area contributed by atoms with E-state index in [0.717, 1.165) is 5.69 Å². The molecule has 0 saturated carbocycles. The van der Waals surface area contributed by atoms with Crippen LogP contribution < -0.4 is 20.9 Å². The molecule has 2 aromatic carbocycles. The number of hydrogen-bond donors (Lipinski definition) is 3. The molecular formula is C19H21F2N3OS. The topological polar surface area (TPSA) is 45.3 Å². The second-order valence-corrected chi connectivity index (χ2v) is 6.24. The van der Waals surface area contributed by atoms with Crippen LogP contribution in [0.25, 0.3) is 5.70 Å². The molecule has 0 heterocycles. The van der Waals surface area contributed by atoms with Crippen LogP contribution >= 0.6 is 12.2 Å². The van der Waals surface area contributed by atoms with Crippen LogP contribution in [0.5, 0.6) is 5.75 Å². The van der Waals surface area contributed by atoms with Crippen LogP contribution in [0, 0.1) is 0 Å². The van der Waals surface area contributed by atoms with Gasteiger partial charge < -0.3 is 10.1 Å². The fourth-order valence-corrected chi connectivity index (χ4v) is 2.40. The number of halogens is 2. The van der Waals surface area contributed by atoms with Crippen LogP contribution in [-0.4, -0.2) is 11.7 Å². The number of anilines is 1. The van der Waals surface area contributed by atoms with E-state index < -0.39 is 6.61 Å². The van der Waals surface area contributed by atoms with Gasteiger partial charge in [-0.1, -0.05) is 44.7 Å². The largest absolute Gasteiger partial charge is 0.434 e. The lowest BCUT2D eigenvalue weighted by Crippen LogP contribution is -2.38. The van der Waals surface area contributed by atoms with Gasteiger partial charge >= 0.3 is 6.61 Å². The van der Waals surface area contributed by atoms with E-state index in [1.165, 1.54) is 11.6 Å². The Kier molecular flexibility index (Phi) is 6.91. The van der Waals surface area contributed by atoms with E-state index in [1.54, 1.807) is 18.2 Å². The molecule has 138 valence electrons. The van der Waals surface area contributed by atoms with Crippen molar-refractivity contribution in [3.63, 3.8) is 0 Å². The average molecular weight is 377 g/mol. The molecular weight excluding hydrogens is 356 g/mol. The zero-order valence-electron chi connectivity index (χ0n) is 14.6. The summed E-state index contributed by atoms with van der Waals surface area (Å²) in [6.45, 7) is 5.16. The average Bonchev–Trinajstić information content (AvgIpc) is 2.60. The Balaban J connectivity index is 1.92. The summed E-state index contributed by atoms with van der Waals surface area (Å²) >= 11 is 5.21. The van der Waals surface area contributed by atoms with Crippen molar-refractivity contribution in [2.45, 2.75) is 26.4 Å². The third kappa shape index (κ3) is 5.70. The molecule has 26 heavy (non-hydrogen) atoms. The van der Waals surface area contributed by atoms with Crippen molar-refractivity contribution in [3.8, 4) is 5.75 Å². The quantitative estimate of drug-likeness (QED) is 0.474. The van der Waals surface area contributed by atoms with Crippen molar-refractivity contribution < 1.29 is 13.5 Å². The van der Waals surface area contributed by atoms with E-state index in [0.29, 0.717) is 22.3 Å². The highest BCUT2D eigenvalue weighted by atomic mass is 32.1. The van der Waals surface area contributed by atoms with Crippen LogP contribution in [0.3, 0.4) is 0 Å². The van der Waals surface area contributed by atoms with Gasteiger partial charge in [-0.2, -0.15) is 8.78 Å². The number of hydrogen-bond acceptors (Lipinski definition) is 3. The molecule has 0 aromatic heterocycles. The predicted octanol–water partition coefficient (Wildman–Crippen LogP) is 4.87. The molecule has 0 amide bonds. The number of nitrogens with one attached hydrogen (secondary N) is 3. The summed E-state index contributed by atoms with van der Waals surface area (Å²) in [6, 6.07) is 14.3. The normalized spacial score (nSPS) is 10.5. The number of para-hydroxylation sites is 1. The van der Waals surface area contributed by atoms with Gasteiger partial charge in [0.15, 0.2) is 5.11 Å². The molecule has 0 aliphatic heterocycles. The number of alkyl halides is 2. The standard InChI is InChI=1S/C19H21F2N3OS/c1-12(2)14-8-10-15(11-9-14)22-19(26)24-23-13(3)16-6-4-5-7-17(16)25-18(20)21/h4-12,18,23H,3H2,1-2H3,(H2,22,24,26). The molecule has 4 nitrogen and oxygen atoms in total. The van der Waals surface area contributed by atoms with Gasteiger partial charge in [-0.15, -0.1) is 0 Å². The van der Waals surface area contributed by atoms with Crippen molar-refractivity contribution in [2.24, 2.45) is 0 Å². The predicted molar refractivity (Wildman–Crippen MR) is 105 cm³/mol. The van der Waals surface area contributed by atoms with E-state index >= 15 is 0 Å². The molecule has 3 N–H and O–H groups in total. The molecule has 0 aliphatic carbocycles. The number of hydrazine groups is 1. The molecule has 0 bridgehead atoms. The minimum Gasteiger partial charge on any atom is -0.434 e. The Bertz CT molecular complexity index is 764. The first-order valence-electron chi connectivity index (χ1n) is 8.03. The van der Waals surface area contributed by atoms with Crippen LogP contribution in [-0.2, 0) is 0 Å². The molecule has 0 aliphatic rings. The highest BCUT2D eigenvalue weighted by Gasteiger charge is 2.11. The fraction of sp³-hybridized carbons (Fsp3) is 0.211. The summed E-state index contributed by atoms with van der Waals surface area (Å²) in [7, 11) is 0. The molecule has 0 radical (unpaired) electrons. The summed E-state index contributed by atoms with van der Waals surface area (Å²) < 4.78 is 29.4. The Hall–Kier alpha value is -2.67. The first-order chi connectivity index (χ1) is 12.4. The molecule has 0 fully saturated rings. The van der Waals surface area contributed by atoms with Gasteiger partial charge in [0.1, 0.15) is 5.75 Å². The van der Waals surface area contributed by atoms with Crippen molar-refractivity contribution in [3.05, 3.63) is 66.2 Å². The van der Waals surface area contributed by atoms with Crippen LogP contribution in [0.4, 0.5) is 14.5 Å². The van der Waals surface area contributed by atoms with Crippen LogP contribution in [0.1, 0.15) is 30.9 Å². The first kappa shape index (κ1) is 19.7. The second kappa shape index (κ2) is 9.15. The number of ether oxygens (including phenoxy) is 1. The third-order valence-electron chi connectivity index (χ3n) is 3.59. The lowest BCUT2D eigenvalue weighted by molar-refractivity contribution is -0.0500. The van der Waals surface area contributed by atoms with Gasteiger partial charge in [-0.25, -0.2) is 0 Å². The maximum atomic E-state index is 12.5. The highest BCUT2D eigenvalue weighted by Crippen LogP contribution is 2.24. The second-order valence-electron chi connectivity index (χ2n) is 5.83. The lowest BCUT2D eigenvalue weighted by atomic mass is 10.0. The minimum absolute atomic E-state index is 0.0324. The summed E-state index contributed by atoms with van der Waals surface area (Å²) in [5.41, 5.74) is 8.39. The van der Waals surface area contributed by atoms with Crippen molar-refractivity contribution >= 4 is 28.7 Å². The van der Waals surface area contributed by atoms with Crippen molar-refractivity contribution in [2.75, 3.05) is 5.32 Å². The van der Waals surface area contributed by atoms with E-state index in [-0.39, 0.29) is 5.75 Å². The Morgan fingerprint density at radius 2 is 1.69 bits per heavy atom. The van der Waals surface area contributed by atoms with Crippen molar-refractivity contribution in [1.82, 2.24) is 10.9 Å². The SMILES string of the molecule is C=C(NNC(=S)Nc1ccc(C(C)C)cc1)c1ccccc1OC(F)F. The molecule has 2 rings (SSSR count). The van der Waals surface area contributed by atoms with Gasteiger partial charge in [0.05, 0.1) is 5.70 Å². The maximum absolute atomic E-state index is 12.5. The maximum Gasteiger partial charge on any atom is 0.387 e. The van der Waals surface area contributed by atoms with E-state index in [2.05, 4.69) is 41.3 Å². The number of thiocarbonyl (C=S) groups is 1. The van der Waals surface area contributed by atoms with Crippen LogP contribution in [0.2, 0.25) is 0 Å². The first-order valence-corrected chi connectivity index (χ1v) is 8.43. The number of rotatable bonds is 7. The summed E-state index contributed by atoms with van der Waals surface area (Å²) in [6.07, 6.45) is 0. The van der Waals surface area contributed by atoms with Gasteiger partial charge in [-0.3, -0.25) is 10.9 Å². The fourth-order valence-electron chi connectivity index (χ4n) is 2.23. The zero-order chi connectivity index (χ0) is 19.1. The summed E-state index contributed by atoms with van der Waals surface area (Å²) in [5.74, 6) is 0.486. The van der Waals surface area contributed by atoms with Gasteiger partial charge in [-0.05, 0) is 48.0 Å².